The van der Waals surface area contributed by atoms with E-state index in [9.17, 15) is 0 Å². The standard InChI is InChI=1S/C17H23NO3/c1-17(2)14-18(9-12-21-17)8-11-20-16-7-3-5-15(13-16)6-4-10-19/h3,5,7,13,19H,8-12,14H2,1-2H3. The van der Waals surface area contributed by atoms with Crippen LogP contribution in [0.5, 0.6) is 5.75 Å². The van der Waals surface area contributed by atoms with Crippen molar-refractivity contribution in [2.24, 2.45) is 0 Å². The fourth-order valence-electron chi connectivity index (χ4n) is 2.40. The van der Waals surface area contributed by atoms with Crippen molar-refractivity contribution in [1.82, 2.24) is 4.90 Å². The second kappa shape index (κ2) is 7.46. The molecule has 0 radical (unpaired) electrons. The predicted octanol–water partition coefficient (Wildman–Crippen LogP) is 1.52. The van der Waals surface area contributed by atoms with Crippen LogP contribution in [0, 0.1) is 11.8 Å². The zero-order valence-electron chi connectivity index (χ0n) is 12.8. The van der Waals surface area contributed by atoms with E-state index in [0.29, 0.717) is 6.61 Å². The van der Waals surface area contributed by atoms with Crippen molar-refractivity contribution in [2.45, 2.75) is 19.4 Å². The quantitative estimate of drug-likeness (QED) is 0.853. The van der Waals surface area contributed by atoms with Gasteiger partial charge in [-0.3, -0.25) is 4.90 Å². The first-order valence-corrected chi connectivity index (χ1v) is 7.28. The molecule has 4 heteroatoms. The number of rotatable bonds is 4. The monoisotopic (exact) mass is 289 g/mol. The highest BCUT2D eigenvalue weighted by Crippen LogP contribution is 2.16. The number of aliphatic hydroxyl groups is 1. The summed E-state index contributed by atoms with van der Waals surface area (Å²) in [5.41, 5.74) is 0.784. The van der Waals surface area contributed by atoms with Gasteiger partial charge in [-0.15, -0.1) is 0 Å². The van der Waals surface area contributed by atoms with Gasteiger partial charge < -0.3 is 14.6 Å². The highest BCUT2D eigenvalue weighted by Gasteiger charge is 2.26. The largest absolute Gasteiger partial charge is 0.492 e. The predicted molar refractivity (Wildman–Crippen MR) is 82.4 cm³/mol. The van der Waals surface area contributed by atoms with Crippen molar-refractivity contribution in [3.8, 4) is 17.6 Å². The minimum absolute atomic E-state index is 0.0714. The molecule has 2 rings (SSSR count). The molecule has 0 spiro atoms. The summed E-state index contributed by atoms with van der Waals surface area (Å²) in [6.07, 6.45) is 0. The van der Waals surface area contributed by atoms with Crippen LogP contribution in [-0.2, 0) is 4.74 Å². The van der Waals surface area contributed by atoms with Crippen LogP contribution in [0.15, 0.2) is 24.3 Å². The number of aliphatic hydroxyl groups excluding tert-OH is 1. The fraction of sp³-hybridized carbons (Fsp3) is 0.529. The maximum absolute atomic E-state index is 8.70. The Morgan fingerprint density at radius 2 is 2.29 bits per heavy atom. The van der Waals surface area contributed by atoms with Gasteiger partial charge in [-0.25, -0.2) is 0 Å². The Labute approximate surface area is 126 Å². The third kappa shape index (κ3) is 5.39. The molecule has 1 aromatic carbocycles. The maximum Gasteiger partial charge on any atom is 0.120 e. The van der Waals surface area contributed by atoms with E-state index >= 15 is 0 Å². The average Bonchev–Trinajstić information content (AvgIpc) is 2.45. The normalized spacial score (nSPS) is 17.9. The van der Waals surface area contributed by atoms with Crippen LogP contribution in [0.4, 0.5) is 0 Å². The summed E-state index contributed by atoms with van der Waals surface area (Å²) in [5, 5.41) is 8.70. The van der Waals surface area contributed by atoms with Crippen LogP contribution >= 0.6 is 0 Å². The fourth-order valence-corrected chi connectivity index (χ4v) is 2.40. The molecule has 1 heterocycles. The molecule has 1 saturated heterocycles. The molecular formula is C17H23NO3. The van der Waals surface area contributed by atoms with Gasteiger partial charge in [0.05, 0.1) is 12.2 Å². The minimum atomic E-state index is -0.127. The van der Waals surface area contributed by atoms with E-state index in [1.165, 1.54) is 0 Å². The molecule has 0 atom stereocenters. The molecule has 0 unspecified atom stereocenters. The molecule has 1 aromatic rings. The highest BCUT2D eigenvalue weighted by molar-refractivity contribution is 5.39. The number of benzene rings is 1. The Balaban J connectivity index is 1.80. The Morgan fingerprint density at radius 3 is 3.05 bits per heavy atom. The minimum Gasteiger partial charge on any atom is -0.492 e. The summed E-state index contributed by atoms with van der Waals surface area (Å²) in [6, 6.07) is 7.63. The van der Waals surface area contributed by atoms with Gasteiger partial charge >= 0.3 is 0 Å². The van der Waals surface area contributed by atoms with Crippen molar-refractivity contribution in [2.75, 3.05) is 39.5 Å². The number of hydrogen-bond acceptors (Lipinski definition) is 4. The van der Waals surface area contributed by atoms with E-state index in [1.807, 2.05) is 24.3 Å². The average molecular weight is 289 g/mol. The van der Waals surface area contributed by atoms with Gasteiger partial charge in [-0.05, 0) is 32.0 Å². The highest BCUT2D eigenvalue weighted by atomic mass is 16.5. The third-order valence-corrected chi connectivity index (χ3v) is 3.33. The molecule has 4 nitrogen and oxygen atoms in total. The number of ether oxygens (including phenoxy) is 2. The van der Waals surface area contributed by atoms with Gasteiger partial charge in [0, 0.05) is 25.2 Å². The lowest BCUT2D eigenvalue weighted by Gasteiger charge is -2.38. The van der Waals surface area contributed by atoms with Gasteiger partial charge in [0.2, 0.25) is 0 Å². The summed E-state index contributed by atoms with van der Waals surface area (Å²) in [6.45, 7) is 8.29. The molecule has 0 amide bonds. The zero-order valence-corrected chi connectivity index (χ0v) is 12.8. The van der Waals surface area contributed by atoms with Crippen molar-refractivity contribution >= 4 is 0 Å². The Kier molecular flexibility index (Phi) is 5.63. The maximum atomic E-state index is 8.70. The van der Waals surface area contributed by atoms with Gasteiger partial charge in [-0.1, -0.05) is 17.9 Å². The van der Waals surface area contributed by atoms with Gasteiger partial charge in [0.15, 0.2) is 0 Å². The molecule has 1 fully saturated rings. The van der Waals surface area contributed by atoms with Gasteiger partial charge in [0.1, 0.15) is 19.0 Å². The second-order valence-corrected chi connectivity index (χ2v) is 5.72. The lowest BCUT2D eigenvalue weighted by Crippen LogP contribution is -2.49. The number of hydrogen-bond donors (Lipinski definition) is 1. The molecule has 0 aliphatic carbocycles. The van der Waals surface area contributed by atoms with Crippen LogP contribution in [0.25, 0.3) is 0 Å². The molecule has 1 N–H and O–H groups in total. The lowest BCUT2D eigenvalue weighted by atomic mass is 10.1. The van der Waals surface area contributed by atoms with Gasteiger partial charge in [0.25, 0.3) is 0 Å². The van der Waals surface area contributed by atoms with Crippen molar-refractivity contribution < 1.29 is 14.6 Å². The second-order valence-electron chi connectivity index (χ2n) is 5.72. The number of morpholine rings is 1. The smallest absolute Gasteiger partial charge is 0.120 e. The van der Waals surface area contributed by atoms with Crippen molar-refractivity contribution in [3.05, 3.63) is 29.8 Å². The summed E-state index contributed by atoms with van der Waals surface area (Å²) >= 11 is 0. The van der Waals surface area contributed by atoms with E-state index in [1.54, 1.807) is 0 Å². The molecule has 1 aliphatic heterocycles. The molecule has 0 saturated carbocycles. The van der Waals surface area contributed by atoms with E-state index in [0.717, 1.165) is 37.6 Å². The van der Waals surface area contributed by atoms with Crippen LogP contribution in [0.2, 0.25) is 0 Å². The Morgan fingerprint density at radius 1 is 1.43 bits per heavy atom. The van der Waals surface area contributed by atoms with Crippen molar-refractivity contribution in [3.63, 3.8) is 0 Å². The molecule has 1 aliphatic rings. The van der Waals surface area contributed by atoms with Crippen LogP contribution in [-0.4, -0.2) is 55.1 Å². The molecule has 21 heavy (non-hydrogen) atoms. The van der Waals surface area contributed by atoms with Crippen LogP contribution < -0.4 is 4.74 Å². The molecule has 114 valence electrons. The van der Waals surface area contributed by atoms with E-state index in [4.69, 9.17) is 14.6 Å². The summed E-state index contributed by atoms with van der Waals surface area (Å²) in [5.74, 6) is 6.33. The Hall–Kier alpha value is -1.54. The van der Waals surface area contributed by atoms with E-state index < -0.39 is 0 Å². The summed E-state index contributed by atoms with van der Waals surface area (Å²) in [4.78, 5) is 2.36. The first-order chi connectivity index (χ1) is 10.1. The van der Waals surface area contributed by atoms with E-state index in [-0.39, 0.29) is 12.2 Å². The summed E-state index contributed by atoms with van der Waals surface area (Å²) < 4.78 is 11.5. The van der Waals surface area contributed by atoms with E-state index in [2.05, 4.69) is 30.6 Å². The lowest BCUT2D eigenvalue weighted by molar-refractivity contribution is -0.0875. The Bertz CT molecular complexity index is 516. The first-order valence-electron chi connectivity index (χ1n) is 7.28. The van der Waals surface area contributed by atoms with Crippen molar-refractivity contribution in [1.29, 1.82) is 0 Å². The summed E-state index contributed by atoms with van der Waals surface area (Å²) in [7, 11) is 0. The number of nitrogens with zero attached hydrogens (tertiary/aromatic N) is 1. The van der Waals surface area contributed by atoms with Crippen LogP contribution in [0.3, 0.4) is 0 Å². The molecule has 0 aromatic heterocycles. The zero-order chi connectivity index (χ0) is 15.1. The first kappa shape index (κ1) is 15.8. The molecular weight excluding hydrogens is 266 g/mol. The van der Waals surface area contributed by atoms with Crippen LogP contribution in [0.1, 0.15) is 19.4 Å². The SMILES string of the molecule is CC1(C)CN(CCOc2cccc(C#CCO)c2)CCO1. The van der Waals surface area contributed by atoms with Gasteiger partial charge in [-0.2, -0.15) is 0 Å². The molecule has 0 bridgehead atoms. The third-order valence-electron chi connectivity index (χ3n) is 3.33. The topological polar surface area (TPSA) is 41.9 Å².